The summed E-state index contributed by atoms with van der Waals surface area (Å²) in [5.41, 5.74) is 0. The number of ether oxygens (including phenoxy) is 2. The maximum atomic E-state index is 5.84. The summed E-state index contributed by atoms with van der Waals surface area (Å²) in [5.74, 6) is 1.52. The lowest BCUT2D eigenvalue weighted by molar-refractivity contribution is -0.0727. The molecule has 0 spiro atoms. The fraction of sp³-hybridized carbons (Fsp3) is 1.00. The first-order valence-corrected chi connectivity index (χ1v) is 6.47. The van der Waals surface area contributed by atoms with Crippen LogP contribution in [0.1, 0.15) is 46.0 Å². The Labute approximate surface area is 93.3 Å². The summed E-state index contributed by atoms with van der Waals surface area (Å²) in [4.78, 5) is 0. The molecule has 2 aliphatic rings. The summed E-state index contributed by atoms with van der Waals surface area (Å²) in [5, 5.41) is 0. The van der Waals surface area contributed by atoms with Crippen LogP contribution in [0.2, 0.25) is 0 Å². The third-order valence-corrected chi connectivity index (χ3v) is 3.72. The van der Waals surface area contributed by atoms with Crippen molar-refractivity contribution in [2.45, 2.75) is 58.2 Å². The second-order valence-electron chi connectivity index (χ2n) is 5.51. The molecular weight excluding hydrogens is 188 g/mol. The molecule has 0 N–H and O–H groups in total. The van der Waals surface area contributed by atoms with Gasteiger partial charge in [0.1, 0.15) is 0 Å². The highest BCUT2D eigenvalue weighted by Gasteiger charge is 2.25. The van der Waals surface area contributed by atoms with Crippen LogP contribution in [-0.4, -0.2) is 25.4 Å². The summed E-state index contributed by atoms with van der Waals surface area (Å²) >= 11 is 0. The average Bonchev–Trinajstić information content (AvgIpc) is 2.25. The lowest BCUT2D eigenvalue weighted by Crippen LogP contribution is -2.32. The van der Waals surface area contributed by atoms with E-state index in [1.807, 2.05) is 0 Å². The van der Waals surface area contributed by atoms with Crippen molar-refractivity contribution in [1.82, 2.24) is 0 Å². The van der Waals surface area contributed by atoms with Gasteiger partial charge in [-0.15, -0.1) is 0 Å². The fourth-order valence-corrected chi connectivity index (χ4v) is 2.54. The minimum Gasteiger partial charge on any atom is -0.378 e. The first-order chi connectivity index (χ1) is 7.24. The van der Waals surface area contributed by atoms with Gasteiger partial charge in [-0.05, 0) is 43.9 Å². The standard InChI is InChI=1S/C13H24O2/c1-10-3-5-12(14-8-10)7-13-6-4-11(2)9-15-13/h10-13H,3-9H2,1-2H3/t10?,11?,12-,13?/m0/s1. The van der Waals surface area contributed by atoms with Crippen LogP contribution < -0.4 is 0 Å². The third-order valence-electron chi connectivity index (χ3n) is 3.72. The highest BCUT2D eigenvalue weighted by atomic mass is 16.5. The normalized spacial score (nSPS) is 42.8. The smallest absolute Gasteiger partial charge is 0.0600 e. The van der Waals surface area contributed by atoms with Crippen LogP contribution in [0.25, 0.3) is 0 Å². The fourth-order valence-electron chi connectivity index (χ4n) is 2.54. The van der Waals surface area contributed by atoms with Crippen LogP contribution >= 0.6 is 0 Å². The van der Waals surface area contributed by atoms with Gasteiger partial charge in [-0.25, -0.2) is 0 Å². The van der Waals surface area contributed by atoms with Gasteiger partial charge in [0.25, 0.3) is 0 Å². The van der Waals surface area contributed by atoms with Crippen LogP contribution in [0.5, 0.6) is 0 Å². The molecule has 0 aliphatic carbocycles. The topological polar surface area (TPSA) is 18.5 Å². The van der Waals surface area contributed by atoms with Crippen LogP contribution in [-0.2, 0) is 9.47 Å². The lowest BCUT2D eigenvalue weighted by Gasteiger charge is -2.32. The largest absolute Gasteiger partial charge is 0.378 e. The molecule has 2 rings (SSSR count). The van der Waals surface area contributed by atoms with Crippen LogP contribution in [0.4, 0.5) is 0 Å². The molecule has 2 heteroatoms. The second-order valence-corrected chi connectivity index (χ2v) is 5.51. The van der Waals surface area contributed by atoms with Gasteiger partial charge in [0, 0.05) is 13.2 Å². The van der Waals surface area contributed by atoms with Gasteiger partial charge in [-0.1, -0.05) is 13.8 Å². The predicted octanol–water partition coefficient (Wildman–Crippen LogP) is 3.01. The van der Waals surface area contributed by atoms with E-state index in [1.54, 1.807) is 0 Å². The van der Waals surface area contributed by atoms with Gasteiger partial charge in [0.15, 0.2) is 0 Å². The Hall–Kier alpha value is -0.0800. The van der Waals surface area contributed by atoms with Crippen LogP contribution in [0.3, 0.4) is 0 Å². The van der Waals surface area contributed by atoms with Crippen molar-refractivity contribution < 1.29 is 9.47 Å². The second kappa shape index (κ2) is 5.31. The molecule has 0 amide bonds. The molecule has 2 nitrogen and oxygen atoms in total. The maximum Gasteiger partial charge on any atom is 0.0600 e. The zero-order valence-electron chi connectivity index (χ0n) is 10.1. The zero-order chi connectivity index (χ0) is 10.7. The molecule has 2 saturated heterocycles. The van der Waals surface area contributed by atoms with Crippen molar-refractivity contribution in [3.05, 3.63) is 0 Å². The highest BCUT2D eigenvalue weighted by Crippen LogP contribution is 2.26. The van der Waals surface area contributed by atoms with Crippen LogP contribution in [0, 0.1) is 11.8 Å². The van der Waals surface area contributed by atoms with Gasteiger partial charge in [0.05, 0.1) is 12.2 Å². The van der Waals surface area contributed by atoms with E-state index in [1.165, 1.54) is 25.7 Å². The predicted molar refractivity (Wildman–Crippen MR) is 60.9 cm³/mol. The van der Waals surface area contributed by atoms with Crippen molar-refractivity contribution in [3.8, 4) is 0 Å². The van der Waals surface area contributed by atoms with E-state index in [2.05, 4.69) is 13.8 Å². The summed E-state index contributed by atoms with van der Waals surface area (Å²) < 4.78 is 11.7. The average molecular weight is 212 g/mol. The summed E-state index contributed by atoms with van der Waals surface area (Å²) in [6.07, 6.45) is 7.19. The van der Waals surface area contributed by atoms with E-state index < -0.39 is 0 Å². The minimum atomic E-state index is 0.472. The summed E-state index contributed by atoms with van der Waals surface area (Å²) in [6.45, 7) is 6.45. The molecule has 0 aromatic heterocycles. The Balaban J connectivity index is 1.68. The van der Waals surface area contributed by atoms with Crippen molar-refractivity contribution in [3.63, 3.8) is 0 Å². The Morgan fingerprint density at radius 2 is 1.27 bits per heavy atom. The zero-order valence-corrected chi connectivity index (χ0v) is 10.1. The van der Waals surface area contributed by atoms with Crippen molar-refractivity contribution in [2.24, 2.45) is 11.8 Å². The highest BCUT2D eigenvalue weighted by molar-refractivity contribution is 4.75. The van der Waals surface area contributed by atoms with E-state index >= 15 is 0 Å². The summed E-state index contributed by atoms with van der Waals surface area (Å²) in [7, 11) is 0. The molecule has 0 aromatic carbocycles. The van der Waals surface area contributed by atoms with Crippen molar-refractivity contribution in [1.29, 1.82) is 0 Å². The molecule has 2 fully saturated rings. The molecule has 0 bridgehead atoms. The summed E-state index contributed by atoms with van der Waals surface area (Å²) in [6, 6.07) is 0. The van der Waals surface area contributed by atoms with E-state index in [0.29, 0.717) is 12.2 Å². The molecule has 15 heavy (non-hydrogen) atoms. The molecule has 88 valence electrons. The molecule has 2 heterocycles. The number of hydrogen-bond acceptors (Lipinski definition) is 2. The van der Waals surface area contributed by atoms with Crippen molar-refractivity contribution in [2.75, 3.05) is 13.2 Å². The molecular formula is C13H24O2. The Kier molecular flexibility index (Phi) is 4.04. The van der Waals surface area contributed by atoms with Crippen LogP contribution in [0.15, 0.2) is 0 Å². The van der Waals surface area contributed by atoms with Gasteiger partial charge in [-0.2, -0.15) is 0 Å². The van der Waals surface area contributed by atoms with E-state index in [4.69, 9.17) is 9.47 Å². The quantitative estimate of drug-likeness (QED) is 0.700. The van der Waals surface area contributed by atoms with Gasteiger partial charge < -0.3 is 9.47 Å². The molecule has 0 radical (unpaired) electrons. The molecule has 0 saturated carbocycles. The molecule has 2 aliphatic heterocycles. The SMILES string of the molecule is CC1CCC(C[C@@H]2CCC(C)CO2)OC1. The first-order valence-electron chi connectivity index (χ1n) is 6.47. The molecule has 4 atom stereocenters. The number of hydrogen-bond donors (Lipinski definition) is 0. The molecule has 3 unspecified atom stereocenters. The van der Waals surface area contributed by atoms with Crippen molar-refractivity contribution >= 4 is 0 Å². The van der Waals surface area contributed by atoms with E-state index in [0.717, 1.165) is 31.5 Å². The van der Waals surface area contributed by atoms with E-state index in [9.17, 15) is 0 Å². The third kappa shape index (κ3) is 3.46. The first kappa shape index (κ1) is 11.4. The van der Waals surface area contributed by atoms with Gasteiger partial charge >= 0.3 is 0 Å². The lowest BCUT2D eigenvalue weighted by atomic mass is 9.93. The number of rotatable bonds is 2. The van der Waals surface area contributed by atoms with Gasteiger partial charge in [0.2, 0.25) is 0 Å². The monoisotopic (exact) mass is 212 g/mol. The molecule has 0 aromatic rings. The van der Waals surface area contributed by atoms with E-state index in [-0.39, 0.29) is 0 Å². The Morgan fingerprint density at radius 1 is 0.800 bits per heavy atom. The Bertz CT molecular complexity index is 157. The Morgan fingerprint density at radius 3 is 1.60 bits per heavy atom. The minimum absolute atomic E-state index is 0.472. The maximum absolute atomic E-state index is 5.84. The van der Waals surface area contributed by atoms with Gasteiger partial charge in [-0.3, -0.25) is 0 Å².